The first-order valence-corrected chi connectivity index (χ1v) is 9.51. The number of anilines is 1. The molecule has 2 heterocycles. The molecule has 1 N–H and O–H groups in total. The van der Waals surface area contributed by atoms with E-state index in [9.17, 15) is 14.0 Å². The van der Waals surface area contributed by atoms with Gasteiger partial charge in [0.15, 0.2) is 5.65 Å². The second-order valence-corrected chi connectivity index (χ2v) is 7.28. The third kappa shape index (κ3) is 3.84. The summed E-state index contributed by atoms with van der Waals surface area (Å²) in [5, 5.41) is 7.17. The molecule has 2 aromatic heterocycles. The number of halogens is 1. The van der Waals surface area contributed by atoms with E-state index in [1.165, 1.54) is 40.9 Å². The van der Waals surface area contributed by atoms with Crippen LogP contribution >= 0.6 is 0 Å². The molecule has 0 spiro atoms. The molecule has 0 unspecified atom stereocenters. The van der Waals surface area contributed by atoms with Crippen LogP contribution in [0, 0.1) is 5.82 Å². The first-order valence-electron chi connectivity index (χ1n) is 9.51. The fraction of sp³-hybridized carbons (Fsp3) is 0.182. The molecule has 1 amide bonds. The highest BCUT2D eigenvalue weighted by Crippen LogP contribution is 2.18. The van der Waals surface area contributed by atoms with E-state index in [0.717, 1.165) is 5.69 Å². The summed E-state index contributed by atoms with van der Waals surface area (Å²) < 4.78 is 16.1. The molecule has 0 saturated carbocycles. The summed E-state index contributed by atoms with van der Waals surface area (Å²) in [5.74, 6) is -0.500. The summed E-state index contributed by atoms with van der Waals surface area (Å²) in [5.41, 5.74) is 2.36. The Morgan fingerprint density at radius 2 is 1.93 bits per heavy atom. The molecule has 4 rings (SSSR count). The molecule has 0 radical (unpaired) electrons. The lowest BCUT2D eigenvalue weighted by atomic mass is 10.0. The van der Waals surface area contributed by atoms with Crippen molar-refractivity contribution in [1.82, 2.24) is 19.3 Å². The SMILES string of the molecule is CC(C)c1ccc(-n2ncc3c(=O)n(CC(=O)Nc4cccc(F)c4)cnc32)cc1. The standard InChI is InChI=1S/C22H20FN5O2/c1-14(2)15-6-8-18(9-7-15)28-21-19(11-25-28)22(30)27(13-24-21)12-20(29)26-17-5-3-4-16(23)10-17/h3-11,13-14H,12H2,1-2H3,(H,26,29). The summed E-state index contributed by atoms with van der Waals surface area (Å²) >= 11 is 0. The van der Waals surface area contributed by atoms with E-state index in [1.807, 2.05) is 24.3 Å². The number of nitrogens with one attached hydrogen (secondary N) is 1. The number of benzene rings is 2. The van der Waals surface area contributed by atoms with Gasteiger partial charge in [0.1, 0.15) is 24.1 Å². The van der Waals surface area contributed by atoms with Crippen LogP contribution in [0.5, 0.6) is 0 Å². The Balaban J connectivity index is 1.59. The lowest BCUT2D eigenvalue weighted by molar-refractivity contribution is -0.116. The number of aromatic nitrogens is 4. The molecule has 152 valence electrons. The summed E-state index contributed by atoms with van der Waals surface area (Å²) in [4.78, 5) is 29.4. The van der Waals surface area contributed by atoms with E-state index >= 15 is 0 Å². The Labute approximate surface area is 171 Å². The van der Waals surface area contributed by atoms with Crippen molar-refractivity contribution in [1.29, 1.82) is 0 Å². The number of carbonyl (C=O) groups excluding carboxylic acids is 1. The van der Waals surface area contributed by atoms with Crippen molar-refractivity contribution in [2.75, 3.05) is 5.32 Å². The van der Waals surface area contributed by atoms with Crippen molar-refractivity contribution in [2.45, 2.75) is 26.3 Å². The number of carbonyl (C=O) groups is 1. The minimum absolute atomic E-state index is 0.243. The zero-order chi connectivity index (χ0) is 21.3. The summed E-state index contributed by atoms with van der Waals surface area (Å²) in [7, 11) is 0. The highest BCUT2D eigenvalue weighted by atomic mass is 19.1. The average Bonchev–Trinajstić information content (AvgIpc) is 3.15. The smallest absolute Gasteiger partial charge is 0.264 e. The predicted molar refractivity (Wildman–Crippen MR) is 112 cm³/mol. The van der Waals surface area contributed by atoms with Crippen molar-refractivity contribution >= 4 is 22.6 Å². The monoisotopic (exact) mass is 405 g/mol. The third-order valence-electron chi connectivity index (χ3n) is 4.78. The van der Waals surface area contributed by atoms with Gasteiger partial charge in [-0.1, -0.05) is 32.0 Å². The van der Waals surface area contributed by atoms with Gasteiger partial charge in [-0.05, 0) is 41.8 Å². The largest absolute Gasteiger partial charge is 0.324 e. The number of rotatable bonds is 5. The Morgan fingerprint density at radius 1 is 1.17 bits per heavy atom. The molecule has 0 fully saturated rings. The molecule has 30 heavy (non-hydrogen) atoms. The van der Waals surface area contributed by atoms with Gasteiger partial charge in [0.2, 0.25) is 5.91 Å². The maximum absolute atomic E-state index is 13.3. The highest BCUT2D eigenvalue weighted by molar-refractivity contribution is 5.90. The minimum atomic E-state index is -0.458. The summed E-state index contributed by atoms with van der Waals surface area (Å²) in [6, 6.07) is 13.5. The lowest BCUT2D eigenvalue weighted by Gasteiger charge is -2.09. The normalized spacial score (nSPS) is 11.2. The maximum atomic E-state index is 13.3. The Kier molecular flexibility index (Phi) is 5.14. The van der Waals surface area contributed by atoms with Crippen molar-refractivity contribution < 1.29 is 9.18 Å². The van der Waals surface area contributed by atoms with Crippen LogP contribution in [0.3, 0.4) is 0 Å². The second kappa shape index (κ2) is 7.90. The van der Waals surface area contributed by atoms with E-state index in [4.69, 9.17) is 0 Å². The van der Waals surface area contributed by atoms with E-state index in [2.05, 4.69) is 29.2 Å². The topological polar surface area (TPSA) is 81.8 Å². The van der Waals surface area contributed by atoms with Gasteiger partial charge in [-0.2, -0.15) is 5.10 Å². The van der Waals surface area contributed by atoms with Crippen LogP contribution in [0.15, 0.2) is 65.8 Å². The zero-order valence-corrected chi connectivity index (χ0v) is 16.5. The van der Waals surface area contributed by atoms with Gasteiger partial charge < -0.3 is 5.32 Å². The minimum Gasteiger partial charge on any atom is -0.324 e. The Bertz CT molecular complexity index is 1270. The summed E-state index contributed by atoms with van der Waals surface area (Å²) in [6.07, 6.45) is 2.76. The summed E-state index contributed by atoms with van der Waals surface area (Å²) in [6.45, 7) is 3.99. The quantitative estimate of drug-likeness (QED) is 0.551. The van der Waals surface area contributed by atoms with E-state index in [-0.39, 0.29) is 12.1 Å². The number of hydrogen-bond acceptors (Lipinski definition) is 4. The zero-order valence-electron chi connectivity index (χ0n) is 16.5. The highest BCUT2D eigenvalue weighted by Gasteiger charge is 2.14. The Morgan fingerprint density at radius 3 is 2.63 bits per heavy atom. The molecule has 8 heteroatoms. The average molecular weight is 405 g/mol. The number of amides is 1. The van der Waals surface area contributed by atoms with Gasteiger partial charge >= 0.3 is 0 Å². The van der Waals surface area contributed by atoms with Crippen LogP contribution < -0.4 is 10.9 Å². The predicted octanol–water partition coefficient (Wildman–Crippen LogP) is 3.48. The fourth-order valence-electron chi connectivity index (χ4n) is 3.17. The lowest BCUT2D eigenvalue weighted by Crippen LogP contribution is -2.27. The number of fused-ring (bicyclic) bond motifs is 1. The molecule has 0 aliphatic rings. The van der Waals surface area contributed by atoms with Gasteiger partial charge in [-0.25, -0.2) is 14.1 Å². The molecular formula is C22H20FN5O2. The van der Waals surface area contributed by atoms with Crippen LogP contribution in [0.4, 0.5) is 10.1 Å². The molecule has 0 saturated heterocycles. The van der Waals surface area contributed by atoms with Gasteiger partial charge in [-0.15, -0.1) is 0 Å². The van der Waals surface area contributed by atoms with E-state index < -0.39 is 11.7 Å². The first kappa shape index (κ1) is 19.5. The van der Waals surface area contributed by atoms with E-state index in [1.54, 1.807) is 10.7 Å². The van der Waals surface area contributed by atoms with Crippen LogP contribution in [0.25, 0.3) is 16.7 Å². The molecule has 0 aliphatic carbocycles. The fourth-order valence-corrected chi connectivity index (χ4v) is 3.17. The van der Waals surface area contributed by atoms with Gasteiger partial charge in [0.25, 0.3) is 5.56 Å². The van der Waals surface area contributed by atoms with E-state index in [0.29, 0.717) is 22.6 Å². The van der Waals surface area contributed by atoms with Crippen molar-refractivity contribution in [3.8, 4) is 5.69 Å². The third-order valence-corrected chi connectivity index (χ3v) is 4.78. The molecule has 0 aliphatic heterocycles. The van der Waals surface area contributed by atoms with Crippen LogP contribution in [-0.4, -0.2) is 25.2 Å². The second-order valence-electron chi connectivity index (χ2n) is 7.28. The van der Waals surface area contributed by atoms with Crippen molar-refractivity contribution in [3.63, 3.8) is 0 Å². The maximum Gasteiger partial charge on any atom is 0.264 e. The van der Waals surface area contributed by atoms with Gasteiger partial charge in [0.05, 0.1) is 11.9 Å². The molecule has 0 atom stereocenters. The van der Waals surface area contributed by atoms with Crippen LogP contribution in [-0.2, 0) is 11.3 Å². The van der Waals surface area contributed by atoms with Crippen LogP contribution in [0.2, 0.25) is 0 Å². The Hall–Kier alpha value is -3.81. The molecule has 4 aromatic rings. The van der Waals surface area contributed by atoms with Crippen LogP contribution in [0.1, 0.15) is 25.3 Å². The number of nitrogens with zero attached hydrogens (tertiary/aromatic N) is 4. The van der Waals surface area contributed by atoms with Crippen molar-refractivity contribution in [3.05, 3.63) is 82.8 Å². The number of hydrogen-bond donors (Lipinski definition) is 1. The molecule has 7 nitrogen and oxygen atoms in total. The first-order chi connectivity index (χ1) is 14.4. The van der Waals surface area contributed by atoms with Gasteiger partial charge in [-0.3, -0.25) is 14.2 Å². The molecular weight excluding hydrogens is 385 g/mol. The molecule has 2 aromatic carbocycles. The molecule has 0 bridgehead atoms. The van der Waals surface area contributed by atoms with Gasteiger partial charge in [0, 0.05) is 5.69 Å². The van der Waals surface area contributed by atoms with Crippen molar-refractivity contribution in [2.24, 2.45) is 0 Å².